The van der Waals surface area contributed by atoms with Crippen LogP contribution in [-0.2, 0) is 0 Å². The zero-order valence-corrected chi connectivity index (χ0v) is 16.2. The average Bonchev–Trinajstić information content (AvgIpc) is 2.99. The number of anilines is 1. The maximum absolute atomic E-state index is 13.2. The van der Waals surface area contributed by atoms with E-state index in [2.05, 4.69) is 19.1 Å². The quantitative estimate of drug-likeness (QED) is 0.672. The molecule has 0 spiro atoms. The summed E-state index contributed by atoms with van der Waals surface area (Å²) in [6.07, 6.45) is 0. The number of carbonyl (C=O) groups excluding carboxylic acids is 1. The largest absolute Gasteiger partial charge is 0.308 e. The summed E-state index contributed by atoms with van der Waals surface area (Å²) < 4.78 is 14.3. The molecule has 6 heteroatoms. The van der Waals surface area contributed by atoms with E-state index < -0.39 is 0 Å². The average molecular weight is 371 g/mol. The molecule has 3 rings (SSSR count). The Kier molecular flexibility index (Phi) is 5.34. The number of aryl methyl sites for hydroxylation is 2. The lowest BCUT2D eigenvalue weighted by Crippen LogP contribution is -2.36. The van der Waals surface area contributed by atoms with Crippen molar-refractivity contribution >= 4 is 32.6 Å². The third-order valence-corrected chi connectivity index (χ3v) is 5.18. The SMILES string of the molecule is Cc1cc(C)c2nc(N(CCN(C)C)C(=O)c3ccc(F)cc3)sc2c1. The van der Waals surface area contributed by atoms with Gasteiger partial charge in [0.2, 0.25) is 0 Å². The van der Waals surface area contributed by atoms with Crippen molar-refractivity contribution in [3.63, 3.8) is 0 Å². The first-order valence-corrected chi connectivity index (χ1v) is 9.27. The molecule has 0 saturated heterocycles. The Balaban J connectivity index is 2.01. The van der Waals surface area contributed by atoms with Crippen LogP contribution in [0, 0.1) is 19.7 Å². The smallest absolute Gasteiger partial charge is 0.260 e. The van der Waals surface area contributed by atoms with Crippen molar-refractivity contribution in [2.75, 3.05) is 32.1 Å². The molecule has 0 radical (unpaired) electrons. The first-order valence-electron chi connectivity index (χ1n) is 8.45. The molecule has 26 heavy (non-hydrogen) atoms. The van der Waals surface area contributed by atoms with E-state index in [1.165, 1.54) is 41.2 Å². The highest BCUT2D eigenvalue weighted by Crippen LogP contribution is 2.32. The van der Waals surface area contributed by atoms with Gasteiger partial charge in [-0.15, -0.1) is 0 Å². The van der Waals surface area contributed by atoms with Crippen LogP contribution in [0.2, 0.25) is 0 Å². The first kappa shape index (κ1) is 18.5. The fraction of sp³-hybridized carbons (Fsp3) is 0.300. The maximum Gasteiger partial charge on any atom is 0.260 e. The second-order valence-corrected chi connectivity index (χ2v) is 7.70. The summed E-state index contributed by atoms with van der Waals surface area (Å²) in [6, 6.07) is 9.84. The lowest BCUT2D eigenvalue weighted by molar-refractivity contribution is 0.0985. The van der Waals surface area contributed by atoms with Crippen LogP contribution in [0.1, 0.15) is 21.5 Å². The van der Waals surface area contributed by atoms with Crippen LogP contribution >= 0.6 is 11.3 Å². The van der Waals surface area contributed by atoms with Crippen molar-refractivity contribution in [3.8, 4) is 0 Å². The third-order valence-electron chi connectivity index (χ3n) is 4.16. The monoisotopic (exact) mass is 371 g/mol. The number of amides is 1. The standard InChI is InChI=1S/C20H22FN3OS/c1-13-11-14(2)18-17(12-13)26-20(22-18)24(10-9-23(3)4)19(25)15-5-7-16(21)8-6-15/h5-8,11-12H,9-10H2,1-4H3. The van der Waals surface area contributed by atoms with E-state index in [0.29, 0.717) is 23.8 Å². The number of benzene rings is 2. The lowest BCUT2D eigenvalue weighted by Gasteiger charge is -2.22. The molecular formula is C20H22FN3OS. The highest BCUT2D eigenvalue weighted by Gasteiger charge is 2.22. The van der Waals surface area contributed by atoms with E-state index in [9.17, 15) is 9.18 Å². The van der Waals surface area contributed by atoms with Crippen LogP contribution in [0.5, 0.6) is 0 Å². The molecule has 1 aromatic heterocycles. The Morgan fingerprint density at radius 2 is 1.81 bits per heavy atom. The van der Waals surface area contributed by atoms with Crippen LogP contribution in [0.4, 0.5) is 9.52 Å². The second kappa shape index (κ2) is 7.51. The van der Waals surface area contributed by atoms with E-state index in [1.807, 2.05) is 25.9 Å². The molecule has 0 aliphatic rings. The number of carbonyl (C=O) groups is 1. The number of halogens is 1. The molecule has 0 saturated carbocycles. The predicted molar refractivity (Wildman–Crippen MR) is 106 cm³/mol. The molecule has 0 bridgehead atoms. The van der Waals surface area contributed by atoms with Crippen LogP contribution in [0.3, 0.4) is 0 Å². The molecule has 0 aliphatic heterocycles. The molecule has 2 aromatic carbocycles. The van der Waals surface area contributed by atoms with Crippen LogP contribution in [0.15, 0.2) is 36.4 Å². The number of rotatable bonds is 5. The number of nitrogens with zero attached hydrogens (tertiary/aromatic N) is 3. The molecular weight excluding hydrogens is 349 g/mol. The van der Waals surface area contributed by atoms with Gasteiger partial charge in [0.05, 0.1) is 10.2 Å². The third kappa shape index (κ3) is 3.92. The normalized spacial score (nSPS) is 11.3. The molecule has 3 aromatic rings. The minimum absolute atomic E-state index is 0.166. The summed E-state index contributed by atoms with van der Waals surface area (Å²) in [5.41, 5.74) is 3.66. The minimum atomic E-state index is -0.354. The van der Waals surface area contributed by atoms with Gasteiger partial charge in [-0.2, -0.15) is 0 Å². The van der Waals surface area contributed by atoms with E-state index in [1.54, 1.807) is 4.90 Å². The van der Waals surface area contributed by atoms with E-state index >= 15 is 0 Å². The molecule has 0 unspecified atom stereocenters. The summed E-state index contributed by atoms with van der Waals surface area (Å²) in [6.45, 7) is 5.31. The Bertz CT molecular complexity index is 934. The second-order valence-electron chi connectivity index (χ2n) is 6.69. The van der Waals surface area contributed by atoms with E-state index in [4.69, 9.17) is 4.98 Å². The van der Waals surface area contributed by atoms with Crippen LogP contribution in [-0.4, -0.2) is 43.0 Å². The Morgan fingerprint density at radius 1 is 1.12 bits per heavy atom. The fourth-order valence-electron chi connectivity index (χ4n) is 2.81. The van der Waals surface area contributed by atoms with Crippen LogP contribution < -0.4 is 4.90 Å². The predicted octanol–water partition coefficient (Wildman–Crippen LogP) is 4.26. The Labute approximate surface area is 156 Å². The Hall–Kier alpha value is -2.31. The van der Waals surface area contributed by atoms with Gasteiger partial charge in [0.1, 0.15) is 5.82 Å². The summed E-state index contributed by atoms with van der Waals surface area (Å²) in [5.74, 6) is -0.521. The van der Waals surface area contributed by atoms with Gasteiger partial charge in [0.15, 0.2) is 5.13 Å². The van der Waals surface area contributed by atoms with E-state index in [-0.39, 0.29) is 11.7 Å². The van der Waals surface area contributed by atoms with Gasteiger partial charge in [-0.25, -0.2) is 9.37 Å². The van der Waals surface area contributed by atoms with Crippen molar-refractivity contribution < 1.29 is 9.18 Å². The van der Waals surface area contributed by atoms with Crippen molar-refractivity contribution in [3.05, 3.63) is 58.9 Å². The zero-order chi connectivity index (χ0) is 18.8. The zero-order valence-electron chi connectivity index (χ0n) is 15.4. The molecule has 0 aliphatic carbocycles. The van der Waals surface area contributed by atoms with Crippen LogP contribution in [0.25, 0.3) is 10.2 Å². The molecule has 1 amide bonds. The van der Waals surface area contributed by atoms with Crippen molar-refractivity contribution in [2.24, 2.45) is 0 Å². The highest BCUT2D eigenvalue weighted by atomic mass is 32.1. The Morgan fingerprint density at radius 3 is 2.46 bits per heavy atom. The molecule has 136 valence electrons. The van der Waals surface area contributed by atoms with E-state index in [0.717, 1.165) is 15.8 Å². The molecule has 1 heterocycles. The summed E-state index contributed by atoms with van der Waals surface area (Å²) in [7, 11) is 3.93. The maximum atomic E-state index is 13.2. The highest BCUT2D eigenvalue weighted by molar-refractivity contribution is 7.22. The van der Waals surface area contributed by atoms with Gasteiger partial charge >= 0.3 is 0 Å². The van der Waals surface area contributed by atoms with Gasteiger partial charge in [-0.1, -0.05) is 17.4 Å². The molecule has 0 N–H and O–H groups in total. The number of hydrogen-bond acceptors (Lipinski definition) is 4. The van der Waals surface area contributed by atoms with Crippen molar-refractivity contribution in [1.82, 2.24) is 9.88 Å². The van der Waals surface area contributed by atoms with Gasteiger partial charge in [-0.3, -0.25) is 9.69 Å². The fourth-order valence-corrected chi connectivity index (χ4v) is 3.97. The summed E-state index contributed by atoms with van der Waals surface area (Å²) in [4.78, 5) is 21.5. The minimum Gasteiger partial charge on any atom is -0.308 e. The number of likely N-dealkylation sites (N-methyl/N-ethyl adjacent to an activating group) is 1. The first-order chi connectivity index (χ1) is 12.3. The molecule has 0 fully saturated rings. The number of thiazole rings is 1. The number of fused-ring (bicyclic) bond motifs is 1. The van der Waals surface area contributed by atoms with Crippen molar-refractivity contribution in [2.45, 2.75) is 13.8 Å². The number of aromatic nitrogens is 1. The van der Waals surface area contributed by atoms with Gasteiger partial charge in [0.25, 0.3) is 5.91 Å². The summed E-state index contributed by atoms with van der Waals surface area (Å²) >= 11 is 1.51. The van der Waals surface area contributed by atoms with Gasteiger partial charge in [0, 0.05) is 18.7 Å². The summed E-state index contributed by atoms with van der Waals surface area (Å²) in [5, 5.41) is 0.671. The number of hydrogen-bond donors (Lipinski definition) is 0. The van der Waals surface area contributed by atoms with Gasteiger partial charge in [-0.05, 0) is 69.4 Å². The topological polar surface area (TPSA) is 36.4 Å². The molecule has 0 atom stereocenters. The van der Waals surface area contributed by atoms with Gasteiger partial charge < -0.3 is 4.90 Å². The lowest BCUT2D eigenvalue weighted by atomic mass is 10.1. The van der Waals surface area contributed by atoms with Crippen molar-refractivity contribution in [1.29, 1.82) is 0 Å². The molecule has 4 nitrogen and oxygen atoms in total.